The average molecular weight is 311 g/mol. The van der Waals surface area contributed by atoms with E-state index in [2.05, 4.69) is 15.2 Å². The molecule has 2 heterocycles. The summed E-state index contributed by atoms with van der Waals surface area (Å²) in [4.78, 5) is 30.3. The van der Waals surface area contributed by atoms with Crippen LogP contribution < -0.4 is 5.32 Å². The molecule has 0 fully saturated rings. The Hall–Kier alpha value is -1.50. The van der Waals surface area contributed by atoms with Crippen LogP contribution in [0.15, 0.2) is 16.1 Å². The topological polar surface area (TPSA) is 71.0 Å². The fourth-order valence-electron chi connectivity index (χ4n) is 2.35. The van der Waals surface area contributed by atoms with Gasteiger partial charge in [0.15, 0.2) is 5.17 Å². The minimum absolute atomic E-state index is 0.161. The molecule has 0 saturated carbocycles. The SMILES string of the molecule is COC(=O)C(CC(C)C)NC(=O)CC1=CSC2=NCCN12. The van der Waals surface area contributed by atoms with E-state index >= 15 is 0 Å². The Bertz CT molecular complexity index is 488. The molecule has 0 saturated heterocycles. The van der Waals surface area contributed by atoms with Gasteiger partial charge in [0.2, 0.25) is 5.91 Å². The van der Waals surface area contributed by atoms with Gasteiger partial charge < -0.3 is 15.0 Å². The number of methoxy groups -OCH3 is 1. The molecule has 7 heteroatoms. The van der Waals surface area contributed by atoms with Crippen LogP contribution in [0.4, 0.5) is 0 Å². The second-order valence-corrected chi connectivity index (χ2v) is 6.33. The standard InChI is InChI=1S/C14H21N3O3S/c1-9(2)6-11(13(19)20-3)16-12(18)7-10-8-21-14-15-4-5-17(10)14/h8-9,11H,4-7H2,1-3H3,(H,16,18). The van der Waals surface area contributed by atoms with Gasteiger partial charge in [0.25, 0.3) is 0 Å². The van der Waals surface area contributed by atoms with Crippen LogP contribution >= 0.6 is 11.8 Å². The van der Waals surface area contributed by atoms with E-state index in [1.165, 1.54) is 7.11 Å². The number of esters is 1. The number of thioether (sulfide) groups is 1. The lowest BCUT2D eigenvalue weighted by atomic mass is 10.0. The first-order valence-corrected chi connectivity index (χ1v) is 7.94. The number of carbonyl (C=O) groups excluding carboxylic acids is 2. The first kappa shape index (κ1) is 15.9. The van der Waals surface area contributed by atoms with Gasteiger partial charge in [-0.05, 0) is 17.7 Å². The largest absolute Gasteiger partial charge is 0.467 e. The summed E-state index contributed by atoms with van der Waals surface area (Å²) < 4.78 is 4.75. The Morgan fingerprint density at radius 3 is 2.95 bits per heavy atom. The number of amides is 1. The first-order chi connectivity index (χ1) is 10.0. The van der Waals surface area contributed by atoms with Crippen LogP contribution in [-0.2, 0) is 14.3 Å². The lowest BCUT2D eigenvalue weighted by Crippen LogP contribution is -2.43. The molecule has 0 aromatic rings. The predicted octanol–water partition coefficient (Wildman–Crippen LogP) is 1.34. The van der Waals surface area contributed by atoms with Crippen molar-refractivity contribution in [3.63, 3.8) is 0 Å². The molecule has 21 heavy (non-hydrogen) atoms. The maximum absolute atomic E-state index is 12.2. The van der Waals surface area contributed by atoms with Crippen molar-refractivity contribution in [1.29, 1.82) is 0 Å². The Labute approximate surface area is 129 Å². The quantitative estimate of drug-likeness (QED) is 0.750. The number of aliphatic imine (C=N–C) groups is 1. The van der Waals surface area contributed by atoms with Crippen molar-refractivity contribution in [1.82, 2.24) is 10.2 Å². The van der Waals surface area contributed by atoms with E-state index in [-0.39, 0.29) is 12.3 Å². The molecule has 1 atom stereocenters. The van der Waals surface area contributed by atoms with Crippen molar-refractivity contribution in [2.24, 2.45) is 10.9 Å². The van der Waals surface area contributed by atoms with E-state index in [1.54, 1.807) is 11.8 Å². The van der Waals surface area contributed by atoms with Gasteiger partial charge in [-0.15, -0.1) is 0 Å². The van der Waals surface area contributed by atoms with E-state index in [0.717, 1.165) is 24.0 Å². The van der Waals surface area contributed by atoms with Crippen molar-refractivity contribution >= 4 is 28.8 Å². The highest BCUT2D eigenvalue weighted by atomic mass is 32.2. The van der Waals surface area contributed by atoms with Gasteiger partial charge in [-0.1, -0.05) is 25.6 Å². The second-order valence-electron chi connectivity index (χ2n) is 5.49. The molecule has 1 unspecified atom stereocenters. The van der Waals surface area contributed by atoms with Crippen LogP contribution in [0.5, 0.6) is 0 Å². The number of nitrogens with one attached hydrogen (secondary N) is 1. The molecule has 116 valence electrons. The number of ether oxygens (including phenoxy) is 1. The highest BCUT2D eigenvalue weighted by molar-refractivity contribution is 8.16. The minimum atomic E-state index is -0.580. The van der Waals surface area contributed by atoms with E-state index < -0.39 is 12.0 Å². The number of hydrogen-bond acceptors (Lipinski definition) is 6. The van der Waals surface area contributed by atoms with E-state index in [9.17, 15) is 9.59 Å². The van der Waals surface area contributed by atoms with Crippen molar-refractivity contribution in [2.75, 3.05) is 20.2 Å². The van der Waals surface area contributed by atoms with Gasteiger partial charge >= 0.3 is 5.97 Å². The minimum Gasteiger partial charge on any atom is -0.467 e. The third kappa shape index (κ3) is 4.00. The van der Waals surface area contributed by atoms with Crippen molar-refractivity contribution in [3.05, 3.63) is 11.1 Å². The summed E-state index contributed by atoms with van der Waals surface area (Å²) in [6, 6.07) is -0.580. The van der Waals surface area contributed by atoms with Crippen LogP contribution in [0.2, 0.25) is 0 Å². The molecule has 0 radical (unpaired) electrons. The third-order valence-corrected chi connectivity index (χ3v) is 4.27. The van der Waals surface area contributed by atoms with Crippen LogP contribution in [0, 0.1) is 5.92 Å². The zero-order valence-corrected chi connectivity index (χ0v) is 13.4. The molecule has 0 aromatic carbocycles. The molecular formula is C14H21N3O3S. The van der Waals surface area contributed by atoms with E-state index in [0.29, 0.717) is 12.3 Å². The summed E-state index contributed by atoms with van der Waals surface area (Å²) in [5.41, 5.74) is 0.946. The molecular weight excluding hydrogens is 290 g/mol. The van der Waals surface area contributed by atoms with Gasteiger partial charge in [0, 0.05) is 12.2 Å². The summed E-state index contributed by atoms with van der Waals surface area (Å²) in [6.45, 7) is 5.61. The molecule has 2 aliphatic rings. The lowest BCUT2D eigenvalue weighted by Gasteiger charge is -2.20. The van der Waals surface area contributed by atoms with Gasteiger partial charge in [-0.2, -0.15) is 0 Å². The van der Waals surface area contributed by atoms with Gasteiger partial charge in [0.05, 0.1) is 20.1 Å². The average Bonchev–Trinajstić information content (AvgIpc) is 3.01. The van der Waals surface area contributed by atoms with Crippen molar-refractivity contribution < 1.29 is 14.3 Å². The van der Waals surface area contributed by atoms with E-state index in [4.69, 9.17) is 4.74 Å². The lowest BCUT2D eigenvalue weighted by molar-refractivity contribution is -0.145. The second kappa shape index (κ2) is 6.98. The van der Waals surface area contributed by atoms with Crippen LogP contribution in [0.1, 0.15) is 26.7 Å². The van der Waals surface area contributed by atoms with Crippen LogP contribution in [-0.4, -0.2) is 48.2 Å². The maximum atomic E-state index is 12.2. The van der Waals surface area contributed by atoms with Gasteiger partial charge in [-0.3, -0.25) is 9.79 Å². The Kier molecular flexibility index (Phi) is 5.27. The number of amidine groups is 1. The predicted molar refractivity (Wildman–Crippen MR) is 82.7 cm³/mol. The highest BCUT2D eigenvalue weighted by Gasteiger charge is 2.29. The maximum Gasteiger partial charge on any atom is 0.328 e. The molecule has 0 spiro atoms. The van der Waals surface area contributed by atoms with Crippen LogP contribution in [0.3, 0.4) is 0 Å². The normalized spacial score (nSPS) is 18.2. The number of carbonyl (C=O) groups is 2. The molecule has 1 amide bonds. The molecule has 0 bridgehead atoms. The Balaban J connectivity index is 1.90. The fraction of sp³-hybridized carbons (Fsp3) is 0.643. The first-order valence-electron chi connectivity index (χ1n) is 7.06. The summed E-state index contributed by atoms with van der Waals surface area (Å²) in [5.74, 6) is -0.255. The highest BCUT2D eigenvalue weighted by Crippen LogP contribution is 2.30. The summed E-state index contributed by atoms with van der Waals surface area (Å²) in [6.07, 6.45) is 0.834. The number of nitrogens with zero attached hydrogens (tertiary/aromatic N) is 2. The smallest absolute Gasteiger partial charge is 0.328 e. The van der Waals surface area contributed by atoms with Crippen molar-refractivity contribution in [2.45, 2.75) is 32.7 Å². The Morgan fingerprint density at radius 2 is 2.29 bits per heavy atom. The molecule has 2 aliphatic heterocycles. The van der Waals surface area contributed by atoms with Gasteiger partial charge in [0.1, 0.15) is 6.04 Å². The molecule has 2 rings (SSSR count). The molecule has 6 nitrogen and oxygen atoms in total. The Morgan fingerprint density at radius 1 is 1.52 bits per heavy atom. The number of hydrogen-bond donors (Lipinski definition) is 1. The zero-order chi connectivity index (χ0) is 15.4. The number of rotatable bonds is 6. The summed E-state index contributed by atoms with van der Waals surface area (Å²) in [5, 5.41) is 5.69. The van der Waals surface area contributed by atoms with Crippen molar-refractivity contribution in [3.8, 4) is 0 Å². The molecule has 0 aliphatic carbocycles. The monoisotopic (exact) mass is 311 g/mol. The summed E-state index contributed by atoms with van der Waals surface area (Å²) >= 11 is 1.55. The third-order valence-electron chi connectivity index (χ3n) is 3.32. The van der Waals surface area contributed by atoms with Crippen LogP contribution in [0.25, 0.3) is 0 Å². The molecule has 0 aromatic heterocycles. The molecule has 1 N–H and O–H groups in total. The fourth-order valence-corrected chi connectivity index (χ4v) is 3.31. The summed E-state index contributed by atoms with van der Waals surface area (Å²) in [7, 11) is 1.34. The van der Waals surface area contributed by atoms with E-state index in [1.807, 2.05) is 19.3 Å². The number of fused-ring (bicyclic) bond motifs is 1. The zero-order valence-electron chi connectivity index (χ0n) is 12.6. The van der Waals surface area contributed by atoms with Gasteiger partial charge in [-0.25, -0.2) is 4.79 Å².